The number of alkyl halides is 1. The minimum atomic E-state index is 0.566. The number of rotatable bonds is 5. The number of aromatic nitrogens is 1. The fourth-order valence-corrected chi connectivity index (χ4v) is 3.08. The van der Waals surface area contributed by atoms with Gasteiger partial charge < -0.3 is 4.90 Å². The summed E-state index contributed by atoms with van der Waals surface area (Å²) in [5.41, 5.74) is 2.36. The molecule has 3 nitrogen and oxygen atoms in total. The summed E-state index contributed by atoms with van der Waals surface area (Å²) in [4.78, 5) is 9.76. The topological polar surface area (TPSA) is 19.4 Å². The van der Waals surface area contributed by atoms with Gasteiger partial charge in [-0.25, -0.2) is 4.98 Å². The molecular formula is C16H26ClN3. The number of halogens is 1. The Bertz CT molecular complexity index is 436. The molecule has 1 aromatic rings. The van der Waals surface area contributed by atoms with E-state index >= 15 is 0 Å². The molecule has 20 heavy (non-hydrogen) atoms. The summed E-state index contributed by atoms with van der Waals surface area (Å²) in [6.45, 7) is 11.1. The van der Waals surface area contributed by atoms with Crippen LogP contribution in [0.25, 0.3) is 0 Å². The van der Waals surface area contributed by atoms with Crippen LogP contribution in [0.1, 0.15) is 38.4 Å². The number of nitrogens with zero attached hydrogens (tertiary/aromatic N) is 3. The zero-order chi connectivity index (χ0) is 14.5. The monoisotopic (exact) mass is 295 g/mol. The van der Waals surface area contributed by atoms with Gasteiger partial charge in [-0.3, -0.25) is 4.90 Å². The van der Waals surface area contributed by atoms with Crippen molar-refractivity contribution in [3.05, 3.63) is 23.4 Å². The van der Waals surface area contributed by atoms with Gasteiger partial charge in [-0.05, 0) is 37.6 Å². The molecule has 1 aromatic heterocycles. The van der Waals surface area contributed by atoms with Crippen LogP contribution in [0.2, 0.25) is 0 Å². The molecule has 4 heteroatoms. The van der Waals surface area contributed by atoms with E-state index in [9.17, 15) is 0 Å². The second-order valence-corrected chi connectivity index (χ2v) is 5.90. The van der Waals surface area contributed by atoms with Crippen molar-refractivity contribution in [2.24, 2.45) is 0 Å². The summed E-state index contributed by atoms with van der Waals surface area (Å²) in [5, 5.41) is 0. The Balaban J connectivity index is 2.17. The van der Waals surface area contributed by atoms with E-state index in [1.807, 2.05) is 0 Å². The maximum Gasteiger partial charge on any atom is 0.129 e. The summed E-state index contributed by atoms with van der Waals surface area (Å²) < 4.78 is 0. The lowest BCUT2D eigenvalue weighted by atomic mass is 10.1. The molecule has 0 aromatic carbocycles. The van der Waals surface area contributed by atoms with Crippen LogP contribution >= 0.6 is 11.6 Å². The predicted molar refractivity (Wildman–Crippen MR) is 86.7 cm³/mol. The van der Waals surface area contributed by atoms with Gasteiger partial charge in [-0.1, -0.05) is 20.3 Å². The van der Waals surface area contributed by atoms with Gasteiger partial charge in [0.25, 0.3) is 0 Å². The van der Waals surface area contributed by atoms with E-state index in [2.05, 4.69) is 42.7 Å². The highest BCUT2D eigenvalue weighted by atomic mass is 35.5. The smallest absolute Gasteiger partial charge is 0.129 e. The molecule has 0 spiro atoms. The largest absolute Gasteiger partial charge is 0.354 e. The summed E-state index contributed by atoms with van der Waals surface area (Å²) >= 11 is 6.03. The van der Waals surface area contributed by atoms with E-state index < -0.39 is 0 Å². The minimum Gasteiger partial charge on any atom is -0.354 e. The van der Waals surface area contributed by atoms with Crippen molar-refractivity contribution in [3.63, 3.8) is 0 Å². The fraction of sp³-hybridized carbons (Fsp3) is 0.688. The average molecular weight is 296 g/mol. The van der Waals surface area contributed by atoms with Gasteiger partial charge in [0, 0.05) is 37.3 Å². The normalized spacial score (nSPS) is 20.4. The molecule has 1 fully saturated rings. The second-order valence-electron chi connectivity index (χ2n) is 5.63. The molecule has 2 heterocycles. The standard InChI is InChI=1S/C16H26ClN3/c1-4-6-15-9-14(11-17)10-16(18-15)20-8-7-19(5-2)13(3)12-20/h9-10,13H,4-8,11-12H2,1-3H3. The summed E-state index contributed by atoms with van der Waals surface area (Å²) in [7, 11) is 0. The Morgan fingerprint density at radius 1 is 1.30 bits per heavy atom. The Hall–Kier alpha value is -0.800. The predicted octanol–water partition coefficient (Wildman–Crippen LogP) is 3.30. The zero-order valence-electron chi connectivity index (χ0n) is 12.9. The van der Waals surface area contributed by atoms with Crippen LogP contribution in [0.3, 0.4) is 0 Å². The van der Waals surface area contributed by atoms with Crippen molar-refractivity contribution < 1.29 is 0 Å². The molecular weight excluding hydrogens is 270 g/mol. The van der Waals surface area contributed by atoms with Crippen LogP contribution in [0.5, 0.6) is 0 Å². The van der Waals surface area contributed by atoms with Crippen LogP contribution in [-0.4, -0.2) is 42.1 Å². The molecule has 2 rings (SSSR count). The zero-order valence-corrected chi connectivity index (χ0v) is 13.7. The van der Waals surface area contributed by atoms with Crippen LogP contribution in [0.4, 0.5) is 5.82 Å². The first-order valence-electron chi connectivity index (χ1n) is 7.72. The number of hydrogen-bond acceptors (Lipinski definition) is 3. The highest BCUT2D eigenvalue weighted by Gasteiger charge is 2.23. The van der Waals surface area contributed by atoms with Crippen LogP contribution in [-0.2, 0) is 12.3 Å². The molecule has 0 N–H and O–H groups in total. The number of anilines is 1. The van der Waals surface area contributed by atoms with Crippen molar-refractivity contribution in [1.82, 2.24) is 9.88 Å². The highest BCUT2D eigenvalue weighted by Crippen LogP contribution is 2.21. The van der Waals surface area contributed by atoms with Crippen molar-refractivity contribution >= 4 is 17.4 Å². The molecule has 0 saturated carbocycles. The molecule has 112 valence electrons. The number of pyridine rings is 1. The van der Waals surface area contributed by atoms with E-state index in [4.69, 9.17) is 16.6 Å². The number of hydrogen-bond donors (Lipinski definition) is 0. The fourth-order valence-electron chi connectivity index (χ4n) is 2.93. The molecule has 1 unspecified atom stereocenters. The lowest BCUT2D eigenvalue weighted by Gasteiger charge is -2.40. The molecule has 1 aliphatic heterocycles. The second kappa shape index (κ2) is 7.28. The van der Waals surface area contributed by atoms with E-state index in [0.717, 1.165) is 44.8 Å². The highest BCUT2D eigenvalue weighted by molar-refractivity contribution is 6.17. The molecule has 0 bridgehead atoms. The Labute approximate surface area is 127 Å². The lowest BCUT2D eigenvalue weighted by Crippen LogP contribution is -2.52. The average Bonchev–Trinajstić information content (AvgIpc) is 2.47. The third-order valence-corrected chi connectivity index (χ3v) is 4.39. The first-order chi connectivity index (χ1) is 9.67. The van der Waals surface area contributed by atoms with E-state index in [1.54, 1.807) is 0 Å². The summed E-state index contributed by atoms with van der Waals surface area (Å²) in [6.07, 6.45) is 2.15. The lowest BCUT2D eigenvalue weighted by molar-refractivity contribution is 0.199. The minimum absolute atomic E-state index is 0.566. The van der Waals surface area contributed by atoms with Crippen molar-refractivity contribution in [2.45, 2.75) is 45.5 Å². The van der Waals surface area contributed by atoms with Gasteiger partial charge in [0.2, 0.25) is 0 Å². The number of piperazine rings is 1. The molecule has 1 saturated heterocycles. The molecule has 1 atom stereocenters. The van der Waals surface area contributed by atoms with E-state index in [1.165, 1.54) is 11.3 Å². The van der Waals surface area contributed by atoms with E-state index in [0.29, 0.717) is 11.9 Å². The van der Waals surface area contributed by atoms with E-state index in [-0.39, 0.29) is 0 Å². The first kappa shape index (κ1) is 15.6. The third kappa shape index (κ3) is 3.64. The molecule has 1 aliphatic rings. The van der Waals surface area contributed by atoms with Crippen molar-refractivity contribution in [2.75, 3.05) is 31.1 Å². The Morgan fingerprint density at radius 3 is 2.70 bits per heavy atom. The van der Waals surface area contributed by atoms with Gasteiger partial charge in [0.05, 0.1) is 0 Å². The molecule has 0 radical (unpaired) electrons. The first-order valence-corrected chi connectivity index (χ1v) is 8.26. The van der Waals surface area contributed by atoms with Gasteiger partial charge in [-0.2, -0.15) is 0 Å². The quantitative estimate of drug-likeness (QED) is 0.777. The van der Waals surface area contributed by atoms with Gasteiger partial charge in [-0.15, -0.1) is 11.6 Å². The molecule has 0 aliphatic carbocycles. The summed E-state index contributed by atoms with van der Waals surface area (Å²) in [5.74, 6) is 1.67. The third-order valence-electron chi connectivity index (χ3n) is 4.08. The SMILES string of the molecule is CCCc1cc(CCl)cc(N2CCN(CC)C(C)C2)n1. The Morgan fingerprint density at radius 2 is 2.10 bits per heavy atom. The number of likely N-dealkylation sites (N-methyl/N-ethyl adjacent to an activating group) is 1. The van der Waals surface area contributed by atoms with Gasteiger partial charge >= 0.3 is 0 Å². The maximum atomic E-state index is 6.03. The van der Waals surface area contributed by atoms with Crippen LogP contribution in [0.15, 0.2) is 12.1 Å². The summed E-state index contributed by atoms with van der Waals surface area (Å²) in [6, 6.07) is 4.89. The van der Waals surface area contributed by atoms with Gasteiger partial charge in [0.1, 0.15) is 5.82 Å². The van der Waals surface area contributed by atoms with Crippen molar-refractivity contribution in [1.29, 1.82) is 0 Å². The van der Waals surface area contributed by atoms with Crippen LogP contribution < -0.4 is 4.90 Å². The van der Waals surface area contributed by atoms with Crippen LogP contribution in [0, 0.1) is 0 Å². The van der Waals surface area contributed by atoms with Gasteiger partial charge in [0.15, 0.2) is 0 Å². The Kier molecular flexibility index (Phi) is 5.67. The molecule has 0 amide bonds. The maximum absolute atomic E-state index is 6.03. The number of aryl methyl sites for hydroxylation is 1. The van der Waals surface area contributed by atoms with Crippen molar-refractivity contribution in [3.8, 4) is 0 Å².